The van der Waals surface area contributed by atoms with Crippen molar-refractivity contribution in [1.29, 1.82) is 0 Å². The predicted octanol–water partition coefficient (Wildman–Crippen LogP) is -0.139. The zero-order valence-corrected chi connectivity index (χ0v) is 15.9. The minimum atomic E-state index is -3.72. The number of pyridine rings is 1. The van der Waals surface area contributed by atoms with Crippen LogP contribution in [-0.4, -0.2) is 67.2 Å². The highest BCUT2D eigenvalue weighted by atomic mass is 32.2. The first kappa shape index (κ1) is 19.4. The molecule has 1 aromatic heterocycles. The Morgan fingerprint density at radius 1 is 1.26 bits per heavy atom. The first-order valence-corrected chi connectivity index (χ1v) is 10.1. The molecule has 2 aliphatic heterocycles. The van der Waals surface area contributed by atoms with E-state index in [9.17, 15) is 18.0 Å². The Labute approximate surface area is 157 Å². The number of nitrogens with one attached hydrogen (secondary N) is 2. The van der Waals surface area contributed by atoms with Crippen molar-refractivity contribution in [2.24, 2.45) is 0 Å². The Hall–Kier alpha value is -2.40. The number of rotatable bonds is 6. The first-order chi connectivity index (χ1) is 12.7. The molecule has 0 bridgehead atoms. The second-order valence-electron chi connectivity index (χ2n) is 6.73. The number of nitrogens with zero attached hydrogens (tertiary/aromatic N) is 2. The second kappa shape index (κ2) is 7.31. The molecule has 3 heterocycles. The van der Waals surface area contributed by atoms with E-state index in [0.717, 1.165) is 0 Å². The molecule has 3 rings (SSSR count). The number of urea groups is 1. The van der Waals surface area contributed by atoms with Gasteiger partial charge in [-0.25, -0.2) is 17.5 Å². The molecule has 148 valence electrons. The van der Waals surface area contributed by atoms with E-state index in [-0.39, 0.29) is 19.2 Å². The summed E-state index contributed by atoms with van der Waals surface area (Å²) in [5.41, 5.74) is -1.46. The zero-order chi connectivity index (χ0) is 19.7. The van der Waals surface area contributed by atoms with E-state index in [4.69, 9.17) is 9.47 Å². The van der Waals surface area contributed by atoms with Crippen LogP contribution in [0.5, 0.6) is 11.8 Å². The predicted molar refractivity (Wildman–Crippen MR) is 94.9 cm³/mol. The molecule has 27 heavy (non-hydrogen) atoms. The van der Waals surface area contributed by atoms with Crippen molar-refractivity contribution in [3.05, 3.63) is 18.2 Å². The summed E-state index contributed by atoms with van der Waals surface area (Å²) in [6.45, 7) is 1.93. The van der Waals surface area contributed by atoms with Crippen LogP contribution in [0.3, 0.4) is 0 Å². The van der Waals surface area contributed by atoms with Crippen LogP contribution in [0.4, 0.5) is 4.79 Å². The molecule has 2 aliphatic rings. The summed E-state index contributed by atoms with van der Waals surface area (Å²) in [5, 5.41) is 4.44. The van der Waals surface area contributed by atoms with Crippen LogP contribution < -0.4 is 20.1 Å². The third kappa shape index (κ3) is 4.30. The van der Waals surface area contributed by atoms with Crippen molar-refractivity contribution in [3.8, 4) is 11.8 Å². The van der Waals surface area contributed by atoms with Crippen molar-refractivity contribution in [3.63, 3.8) is 0 Å². The molecule has 3 amide bonds. The third-order valence-corrected chi connectivity index (χ3v) is 6.67. The Kier molecular flexibility index (Phi) is 5.24. The van der Waals surface area contributed by atoms with Crippen molar-refractivity contribution >= 4 is 22.0 Å². The highest BCUT2D eigenvalue weighted by Crippen LogP contribution is 2.23. The van der Waals surface area contributed by atoms with E-state index >= 15 is 0 Å². The van der Waals surface area contributed by atoms with Crippen molar-refractivity contribution in [2.45, 2.75) is 31.4 Å². The van der Waals surface area contributed by atoms with Crippen LogP contribution >= 0.6 is 0 Å². The van der Waals surface area contributed by atoms with Gasteiger partial charge in [0.1, 0.15) is 11.6 Å². The van der Waals surface area contributed by atoms with Crippen molar-refractivity contribution in [2.75, 3.05) is 26.0 Å². The summed E-state index contributed by atoms with van der Waals surface area (Å²) in [5.74, 6) is -0.259. The van der Waals surface area contributed by atoms with Gasteiger partial charge in [-0.05, 0) is 19.8 Å². The lowest BCUT2D eigenvalue weighted by molar-refractivity contribution is -0.122. The maximum Gasteiger partial charge on any atom is 0.322 e. The Balaban J connectivity index is 1.58. The molecule has 0 radical (unpaired) electrons. The lowest BCUT2D eigenvalue weighted by Gasteiger charge is -2.33. The number of ether oxygens (including phenoxy) is 2. The van der Waals surface area contributed by atoms with Gasteiger partial charge in [-0.1, -0.05) is 6.07 Å². The smallest absolute Gasteiger partial charge is 0.322 e. The van der Waals surface area contributed by atoms with Gasteiger partial charge in [0.25, 0.3) is 5.91 Å². The van der Waals surface area contributed by atoms with E-state index in [1.165, 1.54) is 18.3 Å². The molecule has 2 N–H and O–H groups in total. The van der Waals surface area contributed by atoms with Crippen LogP contribution in [0.15, 0.2) is 18.2 Å². The second-order valence-corrected chi connectivity index (χ2v) is 8.70. The average molecular weight is 398 g/mol. The molecule has 0 saturated carbocycles. The van der Waals surface area contributed by atoms with Crippen LogP contribution in [0.2, 0.25) is 0 Å². The summed E-state index contributed by atoms with van der Waals surface area (Å²) in [7, 11) is -2.21. The largest absolute Gasteiger partial charge is 0.481 e. The number of sulfonamides is 1. The molecule has 2 saturated heterocycles. The van der Waals surface area contributed by atoms with Gasteiger partial charge in [-0.2, -0.15) is 4.98 Å². The monoisotopic (exact) mass is 398 g/mol. The molecule has 2 fully saturated rings. The number of aromatic nitrogens is 1. The minimum absolute atomic E-state index is 0.166. The topological polar surface area (TPSA) is 127 Å². The summed E-state index contributed by atoms with van der Waals surface area (Å²) < 4.78 is 37.5. The fraction of sp³-hybridized carbons (Fsp3) is 0.562. The van der Waals surface area contributed by atoms with Crippen molar-refractivity contribution < 1.29 is 27.5 Å². The van der Waals surface area contributed by atoms with Crippen LogP contribution in [0.25, 0.3) is 0 Å². The molecule has 10 nitrogen and oxygen atoms in total. The number of methoxy groups -OCH3 is 1. The quantitative estimate of drug-likeness (QED) is 0.639. The van der Waals surface area contributed by atoms with Gasteiger partial charge in [0.2, 0.25) is 21.8 Å². The molecule has 0 aliphatic carbocycles. The minimum Gasteiger partial charge on any atom is -0.481 e. The van der Waals surface area contributed by atoms with E-state index in [0.29, 0.717) is 24.6 Å². The Morgan fingerprint density at radius 2 is 1.93 bits per heavy atom. The maximum atomic E-state index is 12.7. The molecule has 0 spiro atoms. The molecule has 0 unspecified atom stereocenters. The van der Waals surface area contributed by atoms with Crippen molar-refractivity contribution in [1.82, 2.24) is 19.9 Å². The highest BCUT2D eigenvalue weighted by Gasteiger charge is 2.46. The van der Waals surface area contributed by atoms with Crippen LogP contribution in [-0.2, 0) is 14.8 Å². The fourth-order valence-corrected chi connectivity index (χ4v) is 4.99. The number of carbonyl (C=O) groups excluding carboxylic acids is 2. The fourth-order valence-electron chi connectivity index (χ4n) is 3.11. The molecule has 11 heteroatoms. The number of hydrogen-bond acceptors (Lipinski definition) is 7. The number of amides is 3. The summed E-state index contributed by atoms with van der Waals surface area (Å²) in [6, 6.07) is 4.51. The molecule has 0 aromatic carbocycles. The molecular weight excluding hydrogens is 376 g/mol. The standard InChI is InChI=1S/C16H22N4O6S/c1-16(14(21)18-15(22)19-16)10-27(23,24)20-8-6-11(7-9-20)26-13-5-3-4-12(17-13)25-2/h3-5,11H,6-10H2,1-2H3,(H2,18,19,21,22)/t16-/m1/s1. The van der Waals surface area contributed by atoms with Gasteiger partial charge >= 0.3 is 6.03 Å². The lowest BCUT2D eigenvalue weighted by atomic mass is 10.1. The number of carbonyl (C=O) groups is 2. The van der Waals surface area contributed by atoms with Gasteiger partial charge in [-0.3, -0.25) is 10.1 Å². The SMILES string of the molecule is COc1cccc(OC2CCN(S(=O)(=O)C[C@@]3(C)NC(=O)NC3=O)CC2)n1. The summed E-state index contributed by atoms with van der Waals surface area (Å²) in [6.07, 6.45) is 0.821. The molecule has 1 aromatic rings. The van der Waals surface area contributed by atoms with Gasteiger partial charge in [0, 0.05) is 25.2 Å². The molecular formula is C16H22N4O6S. The van der Waals surface area contributed by atoms with E-state index in [1.54, 1.807) is 18.2 Å². The summed E-state index contributed by atoms with van der Waals surface area (Å²) >= 11 is 0. The van der Waals surface area contributed by atoms with Gasteiger partial charge in [-0.15, -0.1) is 0 Å². The van der Waals surface area contributed by atoms with Gasteiger partial charge < -0.3 is 14.8 Å². The Morgan fingerprint density at radius 3 is 2.52 bits per heavy atom. The van der Waals surface area contributed by atoms with Gasteiger partial charge in [0.05, 0.1) is 12.9 Å². The zero-order valence-electron chi connectivity index (χ0n) is 15.1. The maximum absolute atomic E-state index is 12.7. The van der Waals surface area contributed by atoms with Crippen LogP contribution in [0, 0.1) is 0 Å². The number of imide groups is 1. The first-order valence-electron chi connectivity index (χ1n) is 8.51. The molecule has 1 atom stereocenters. The van der Waals surface area contributed by atoms with E-state index < -0.39 is 33.3 Å². The third-order valence-electron chi connectivity index (χ3n) is 4.58. The number of hydrogen-bond donors (Lipinski definition) is 2. The van der Waals surface area contributed by atoms with Crippen LogP contribution in [0.1, 0.15) is 19.8 Å². The van der Waals surface area contributed by atoms with E-state index in [2.05, 4.69) is 15.6 Å². The average Bonchev–Trinajstić information content (AvgIpc) is 2.86. The number of piperidine rings is 1. The Bertz CT molecular complexity index is 837. The summed E-state index contributed by atoms with van der Waals surface area (Å²) in [4.78, 5) is 27.4. The van der Waals surface area contributed by atoms with E-state index in [1.807, 2.05) is 0 Å². The highest BCUT2D eigenvalue weighted by molar-refractivity contribution is 7.89. The van der Waals surface area contributed by atoms with Gasteiger partial charge in [0.15, 0.2) is 0 Å². The normalized spacial score (nSPS) is 24.4. The lowest BCUT2D eigenvalue weighted by Crippen LogP contribution is -2.53.